The minimum Gasteiger partial charge on any atom is -0.378 e. The number of amides is 1. The molecule has 0 atom stereocenters. The summed E-state index contributed by atoms with van der Waals surface area (Å²) in [5.74, 6) is 1.08. The Kier molecular flexibility index (Phi) is 6.35. The van der Waals surface area contributed by atoms with Gasteiger partial charge in [0.25, 0.3) is 5.91 Å². The predicted octanol–water partition coefficient (Wildman–Crippen LogP) is 3.71. The largest absolute Gasteiger partial charge is 0.378 e. The van der Waals surface area contributed by atoms with E-state index < -0.39 is 0 Å². The molecule has 118 valence electrons. The number of thioether (sulfide) groups is 2. The second-order valence-electron chi connectivity index (χ2n) is 5.17. The Bertz CT molecular complexity index is 582. The van der Waals surface area contributed by atoms with Gasteiger partial charge in [-0.1, -0.05) is 36.1 Å². The lowest BCUT2D eigenvalue weighted by Crippen LogP contribution is -2.29. The van der Waals surface area contributed by atoms with Gasteiger partial charge >= 0.3 is 0 Å². The molecule has 1 aliphatic heterocycles. The van der Waals surface area contributed by atoms with Gasteiger partial charge in [0, 0.05) is 26.3 Å². The predicted molar refractivity (Wildman–Crippen MR) is 104 cm³/mol. The van der Waals surface area contributed by atoms with E-state index in [-0.39, 0.29) is 5.91 Å². The van der Waals surface area contributed by atoms with Crippen molar-refractivity contribution in [2.45, 2.75) is 6.42 Å². The van der Waals surface area contributed by atoms with Gasteiger partial charge in [0.05, 0.1) is 4.91 Å². The van der Waals surface area contributed by atoms with E-state index >= 15 is 0 Å². The van der Waals surface area contributed by atoms with Gasteiger partial charge in [-0.25, -0.2) is 0 Å². The van der Waals surface area contributed by atoms with E-state index in [1.54, 1.807) is 16.7 Å². The minimum absolute atomic E-state index is 0.0350. The van der Waals surface area contributed by atoms with Crippen LogP contribution in [-0.2, 0) is 4.79 Å². The van der Waals surface area contributed by atoms with Crippen LogP contribution in [0.25, 0.3) is 6.08 Å². The molecule has 0 radical (unpaired) electrons. The Morgan fingerprint density at radius 3 is 2.59 bits per heavy atom. The molecule has 6 heteroatoms. The summed E-state index contributed by atoms with van der Waals surface area (Å²) < 4.78 is 0.669. The summed E-state index contributed by atoms with van der Waals surface area (Å²) in [5, 5.41) is 0. The van der Waals surface area contributed by atoms with Gasteiger partial charge in [-0.3, -0.25) is 9.69 Å². The Hall–Kier alpha value is -0.980. The van der Waals surface area contributed by atoms with Crippen LogP contribution in [-0.4, -0.2) is 47.8 Å². The van der Waals surface area contributed by atoms with Crippen LogP contribution >= 0.6 is 35.7 Å². The van der Waals surface area contributed by atoms with Crippen LogP contribution in [0, 0.1) is 0 Å². The minimum atomic E-state index is 0.0350. The van der Waals surface area contributed by atoms with E-state index in [1.807, 2.05) is 44.4 Å². The molecule has 0 aliphatic carbocycles. The van der Waals surface area contributed by atoms with E-state index in [2.05, 4.69) is 11.2 Å². The molecular formula is C16H20N2OS3. The maximum atomic E-state index is 12.4. The third-order valence-electron chi connectivity index (χ3n) is 3.31. The molecule has 0 spiro atoms. The molecule has 1 amide bonds. The van der Waals surface area contributed by atoms with Crippen molar-refractivity contribution in [2.24, 2.45) is 0 Å². The molecule has 1 aliphatic rings. The number of nitrogens with zero attached hydrogens (tertiary/aromatic N) is 2. The molecule has 3 nitrogen and oxygen atoms in total. The molecule has 0 bridgehead atoms. The van der Waals surface area contributed by atoms with Crippen LogP contribution < -0.4 is 4.90 Å². The van der Waals surface area contributed by atoms with Gasteiger partial charge in [-0.05, 0) is 42.2 Å². The lowest BCUT2D eigenvalue weighted by molar-refractivity contribution is -0.122. The normalized spacial score (nSPS) is 16.7. The average Bonchev–Trinajstić information content (AvgIpc) is 2.75. The summed E-state index contributed by atoms with van der Waals surface area (Å²) >= 11 is 8.51. The summed E-state index contributed by atoms with van der Waals surface area (Å²) in [5.41, 5.74) is 2.16. The van der Waals surface area contributed by atoms with Gasteiger partial charge in [0.1, 0.15) is 4.32 Å². The highest BCUT2D eigenvalue weighted by atomic mass is 32.2. The zero-order chi connectivity index (χ0) is 16.1. The fourth-order valence-electron chi connectivity index (χ4n) is 2.08. The third kappa shape index (κ3) is 4.27. The zero-order valence-corrected chi connectivity index (χ0v) is 15.5. The van der Waals surface area contributed by atoms with Crippen LogP contribution in [0.1, 0.15) is 12.0 Å². The van der Waals surface area contributed by atoms with Crippen molar-refractivity contribution in [1.82, 2.24) is 4.90 Å². The maximum Gasteiger partial charge on any atom is 0.266 e. The van der Waals surface area contributed by atoms with Gasteiger partial charge in [0.15, 0.2) is 0 Å². The molecule has 1 aromatic carbocycles. The number of hydrogen-bond donors (Lipinski definition) is 0. The van der Waals surface area contributed by atoms with Crippen molar-refractivity contribution in [1.29, 1.82) is 0 Å². The van der Waals surface area contributed by atoms with Gasteiger partial charge in [-0.2, -0.15) is 11.8 Å². The SMILES string of the molecule is CSCCCN1C(=O)/C(=C\c2ccc(N(C)C)cc2)SC1=S. The molecule has 1 heterocycles. The van der Waals surface area contributed by atoms with E-state index in [9.17, 15) is 4.79 Å². The maximum absolute atomic E-state index is 12.4. The Morgan fingerprint density at radius 2 is 2.00 bits per heavy atom. The lowest BCUT2D eigenvalue weighted by atomic mass is 10.2. The van der Waals surface area contributed by atoms with Crippen LogP contribution in [0.2, 0.25) is 0 Å². The second-order valence-corrected chi connectivity index (χ2v) is 7.83. The smallest absolute Gasteiger partial charge is 0.266 e. The van der Waals surface area contributed by atoms with Crippen molar-refractivity contribution in [3.8, 4) is 0 Å². The van der Waals surface area contributed by atoms with Crippen LogP contribution in [0.3, 0.4) is 0 Å². The summed E-state index contributed by atoms with van der Waals surface area (Å²) in [7, 11) is 4.02. The molecule has 0 saturated carbocycles. The topological polar surface area (TPSA) is 23.6 Å². The van der Waals surface area contributed by atoms with Gasteiger partial charge in [0.2, 0.25) is 0 Å². The molecule has 0 unspecified atom stereocenters. The van der Waals surface area contributed by atoms with Gasteiger partial charge in [-0.15, -0.1) is 0 Å². The highest BCUT2D eigenvalue weighted by Gasteiger charge is 2.31. The first-order valence-electron chi connectivity index (χ1n) is 7.04. The van der Waals surface area contributed by atoms with Crippen molar-refractivity contribution in [3.63, 3.8) is 0 Å². The highest BCUT2D eigenvalue weighted by molar-refractivity contribution is 8.26. The first kappa shape index (κ1) is 17.4. The Balaban J connectivity index is 2.08. The highest BCUT2D eigenvalue weighted by Crippen LogP contribution is 2.32. The van der Waals surface area contributed by atoms with E-state index in [0.29, 0.717) is 15.8 Å². The Labute approximate surface area is 146 Å². The zero-order valence-electron chi connectivity index (χ0n) is 13.0. The summed E-state index contributed by atoms with van der Waals surface area (Å²) in [6, 6.07) is 8.14. The number of thiocarbonyl (C=S) groups is 1. The quantitative estimate of drug-likeness (QED) is 0.441. The monoisotopic (exact) mass is 352 g/mol. The molecule has 0 aromatic heterocycles. The molecule has 0 N–H and O–H groups in total. The first-order chi connectivity index (χ1) is 10.5. The first-order valence-corrected chi connectivity index (χ1v) is 9.66. The van der Waals surface area contributed by atoms with Crippen LogP contribution in [0.5, 0.6) is 0 Å². The fraction of sp³-hybridized carbons (Fsp3) is 0.375. The number of anilines is 1. The van der Waals surface area contributed by atoms with E-state index in [4.69, 9.17) is 12.2 Å². The summed E-state index contributed by atoms with van der Waals surface area (Å²) in [6.07, 6.45) is 4.97. The van der Waals surface area contributed by atoms with Crippen molar-refractivity contribution >= 4 is 57.7 Å². The van der Waals surface area contributed by atoms with Gasteiger partial charge < -0.3 is 4.90 Å². The van der Waals surface area contributed by atoms with Crippen LogP contribution in [0.4, 0.5) is 5.69 Å². The number of carbonyl (C=O) groups excluding carboxylic acids is 1. The van der Waals surface area contributed by atoms with Crippen molar-refractivity contribution in [2.75, 3.05) is 37.5 Å². The average molecular weight is 353 g/mol. The number of carbonyl (C=O) groups is 1. The van der Waals surface area contributed by atoms with E-state index in [0.717, 1.165) is 23.4 Å². The second kappa shape index (κ2) is 8.04. The molecular weight excluding hydrogens is 332 g/mol. The number of rotatable bonds is 6. The number of benzene rings is 1. The third-order valence-corrected chi connectivity index (χ3v) is 5.39. The standard InChI is InChI=1S/C16H20N2OS3/c1-17(2)13-7-5-12(6-8-13)11-14-15(19)18(16(20)22-14)9-4-10-21-3/h5-8,11H,4,9-10H2,1-3H3/b14-11+. The van der Waals surface area contributed by atoms with Crippen molar-refractivity contribution < 1.29 is 4.79 Å². The summed E-state index contributed by atoms with van der Waals surface area (Å²) in [6.45, 7) is 0.711. The fourth-order valence-corrected chi connectivity index (χ4v) is 3.81. The lowest BCUT2D eigenvalue weighted by Gasteiger charge is -2.13. The number of hydrogen-bond acceptors (Lipinski definition) is 5. The molecule has 1 fully saturated rings. The molecule has 1 aromatic rings. The van der Waals surface area contributed by atoms with E-state index in [1.165, 1.54) is 11.8 Å². The van der Waals surface area contributed by atoms with Crippen molar-refractivity contribution in [3.05, 3.63) is 34.7 Å². The molecule has 22 heavy (non-hydrogen) atoms. The molecule has 1 saturated heterocycles. The Morgan fingerprint density at radius 1 is 1.32 bits per heavy atom. The van der Waals surface area contributed by atoms with Crippen LogP contribution in [0.15, 0.2) is 29.2 Å². The summed E-state index contributed by atoms with van der Waals surface area (Å²) in [4.78, 5) is 16.9. The molecule has 2 rings (SSSR count).